The summed E-state index contributed by atoms with van der Waals surface area (Å²) in [5, 5.41) is 0. The smallest absolute Gasteiger partial charge is 0.357 e. The minimum atomic E-state index is -0.367. The summed E-state index contributed by atoms with van der Waals surface area (Å²) in [4.78, 5) is 16.4. The van der Waals surface area contributed by atoms with Crippen molar-refractivity contribution in [1.82, 2.24) is 4.98 Å². The number of hydrogen-bond donors (Lipinski definition) is 0. The van der Waals surface area contributed by atoms with E-state index in [4.69, 9.17) is 4.74 Å². The molecule has 1 unspecified atom stereocenters. The molecule has 0 radical (unpaired) electrons. The Morgan fingerprint density at radius 1 is 1.14 bits per heavy atom. The predicted molar refractivity (Wildman–Crippen MR) is 83.1 cm³/mol. The third-order valence-electron chi connectivity index (χ3n) is 3.36. The zero-order chi connectivity index (χ0) is 15.1. The van der Waals surface area contributed by atoms with Crippen LogP contribution >= 0.6 is 0 Å². The van der Waals surface area contributed by atoms with Crippen molar-refractivity contribution in [1.29, 1.82) is 0 Å². The van der Waals surface area contributed by atoms with Crippen LogP contribution in [0.2, 0.25) is 0 Å². The fraction of sp³-hybridized carbons (Fsp3) is 0.333. The van der Waals surface area contributed by atoms with Crippen LogP contribution in [0.5, 0.6) is 0 Å². The van der Waals surface area contributed by atoms with Crippen molar-refractivity contribution in [2.45, 2.75) is 39.2 Å². The molecule has 2 aromatic rings. The van der Waals surface area contributed by atoms with E-state index < -0.39 is 0 Å². The van der Waals surface area contributed by atoms with E-state index in [-0.39, 0.29) is 12.1 Å². The second-order valence-electron chi connectivity index (χ2n) is 5.01. The largest absolute Gasteiger partial charge is 0.453 e. The highest BCUT2D eigenvalue weighted by molar-refractivity contribution is 5.87. The van der Waals surface area contributed by atoms with Crippen LogP contribution in [0.3, 0.4) is 0 Å². The average Bonchev–Trinajstić information content (AvgIpc) is 2.54. The molecule has 0 bridgehead atoms. The first kappa shape index (κ1) is 15.2. The van der Waals surface area contributed by atoms with Crippen molar-refractivity contribution in [3.63, 3.8) is 0 Å². The lowest BCUT2D eigenvalue weighted by Crippen LogP contribution is -2.12. The Morgan fingerprint density at radius 3 is 2.48 bits per heavy atom. The van der Waals surface area contributed by atoms with E-state index in [0.717, 1.165) is 30.4 Å². The van der Waals surface area contributed by atoms with Gasteiger partial charge in [0.05, 0.1) is 0 Å². The van der Waals surface area contributed by atoms with Crippen LogP contribution in [0, 0.1) is 0 Å². The molecule has 0 saturated heterocycles. The minimum Gasteiger partial charge on any atom is -0.453 e. The number of hydrogen-bond acceptors (Lipinski definition) is 3. The number of rotatable bonds is 6. The maximum Gasteiger partial charge on any atom is 0.357 e. The summed E-state index contributed by atoms with van der Waals surface area (Å²) in [6.45, 7) is 4.12. The Balaban J connectivity index is 2.05. The molecule has 110 valence electrons. The minimum absolute atomic E-state index is 0.226. The molecule has 0 amide bonds. The van der Waals surface area contributed by atoms with Crippen LogP contribution in [0.15, 0.2) is 48.7 Å². The number of carbonyl (C=O) groups excluding carboxylic acids is 1. The number of benzene rings is 1. The molecule has 1 heterocycles. The van der Waals surface area contributed by atoms with Gasteiger partial charge in [0.15, 0.2) is 0 Å². The molecule has 0 aliphatic carbocycles. The molecule has 0 aliphatic heterocycles. The lowest BCUT2D eigenvalue weighted by Gasteiger charge is -2.16. The molecule has 3 heteroatoms. The Hall–Kier alpha value is -2.16. The highest BCUT2D eigenvalue weighted by atomic mass is 16.5. The van der Waals surface area contributed by atoms with Gasteiger partial charge in [-0.05, 0) is 30.0 Å². The summed E-state index contributed by atoms with van der Waals surface area (Å²) in [7, 11) is 0. The molecule has 0 fully saturated rings. The Labute approximate surface area is 126 Å². The molecule has 21 heavy (non-hydrogen) atoms. The maximum absolute atomic E-state index is 12.2. The standard InChI is InChI=1S/C18H21NO2/c1-3-8-14-11-12-16(19-13-14)18(20)21-17(4-2)15-9-6-5-7-10-15/h5-7,9-13,17H,3-4,8H2,1-2H3. The molecule has 0 aliphatic rings. The first-order chi connectivity index (χ1) is 10.2. The van der Waals surface area contributed by atoms with Gasteiger partial charge in [0.1, 0.15) is 11.8 Å². The molecule has 2 rings (SSSR count). The lowest BCUT2D eigenvalue weighted by atomic mass is 10.1. The first-order valence-electron chi connectivity index (χ1n) is 7.45. The Kier molecular flexibility index (Phi) is 5.50. The zero-order valence-electron chi connectivity index (χ0n) is 12.6. The van der Waals surface area contributed by atoms with Crippen molar-refractivity contribution >= 4 is 5.97 Å². The molecule has 1 atom stereocenters. The van der Waals surface area contributed by atoms with Crippen LogP contribution in [0.1, 0.15) is 54.4 Å². The van der Waals surface area contributed by atoms with E-state index in [1.54, 1.807) is 12.3 Å². The lowest BCUT2D eigenvalue weighted by molar-refractivity contribution is 0.0281. The molecule has 0 saturated carbocycles. The molecule has 1 aromatic heterocycles. The summed E-state index contributed by atoms with van der Waals surface area (Å²) in [6, 6.07) is 13.5. The van der Waals surface area contributed by atoms with Crippen LogP contribution in [-0.2, 0) is 11.2 Å². The third kappa shape index (κ3) is 4.15. The second kappa shape index (κ2) is 7.58. The molecule has 3 nitrogen and oxygen atoms in total. The highest BCUT2D eigenvalue weighted by Crippen LogP contribution is 2.21. The van der Waals surface area contributed by atoms with Crippen molar-refractivity contribution in [3.8, 4) is 0 Å². The van der Waals surface area contributed by atoms with Crippen LogP contribution < -0.4 is 0 Å². The van der Waals surface area contributed by atoms with Crippen LogP contribution in [0.25, 0.3) is 0 Å². The van der Waals surface area contributed by atoms with E-state index in [9.17, 15) is 4.79 Å². The summed E-state index contributed by atoms with van der Waals surface area (Å²) in [5.74, 6) is -0.367. The Bertz CT molecular complexity index is 564. The molecular weight excluding hydrogens is 262 g/mol. The van der Waals surface area contributed by atoms with E-state index >= 15 is 0 Å². The average molecular weight is 283 g/mol. The number of ether oxygens (including phenoxy) is 1. The summed E-state index contributed by atoms with van der Waals surface area (Å²) in [6.07, 6.45) is 4.31. The topological polar surface area (TPSA) is 39.2 Å². The number of esters is 1. The monoisotopic (exact) mass is 283 g/mol. The van der Waals surface area contributed by atoms with Crippen LogP contribution in [0.4, 0.5) is 0 Å². The SMILES string of the molecule is CCCc1ccc(C(=O)OC(CC)c2ccccc2)nc1. The van der Waals surface area contributed by atoms with Crippen molar-refractivity contribution in [3.05, 3.63) is 65.5 Å². The van der Waals surface area contributed by atoms with Crippen molar-refractivity contribution in [2.24, 2.45) is 0 Å². The zero-order valence-corrected chi connectivity index (χ0v) is 12.6. The van der Waals surface area contributed by atoms with Crippen molar-refractivity contribution < 1.29 is 9.53 Å². The predicted octanol–water partition coefficient (Wildman–Crippen LogP) is 4.34. The number of aromatic nitrogens is 1. The number of nitrogens with zero attached hydrogens (tertiary/aromatic N) is 1. The third-order valence-corrected chi connectivity index (χ3v) is 3.36. The quantitative estimate of drug-likeness (QED) is 0.740. The molecule has 0 N–H and O–H groups in total. The second-order valence-corrected chi connectivity index (χ2v) is 5.01. The Morgan fingerprint density at radius 2 is 1.90 bits per heavy atom. The van der Waals surface area contributed by atoms with Crippen molar-refractivity contribution in [2.75, 3.05) is 0 Å². The van der Waals surface area contributed by atoms with E-state index in [2.05, 4.69) is 11.9 Å². The summed E-state index contributed by atoms with van der Waals surface area (Å²) >= 11 is 0. The number of aryl methyl sites for hydroxylation is 1. The fourth-order valence-electron chi connectivity index (χ4n) is 2.23. The number of carbonyl (C=O) groups is 1. The molecule has 1 aromatic carbocycles. The van der Waals surface area contributed by atoms with Gasteiger partial charge < -0.3 is 4.74 Å². The van der Waals surface area contributed by atoms with Gasteiger partial charge in [-0.3, -0.25) is 0 Å². The van der Waals surface area contributed by atoms with Gasteiger partial charge in [0.25, 0.3) is 0 Å². The fourth-order valence-corrected chi connectivity index (χ4v) is 2.23. The van der Waals surface area contributed by atoms with E-state index in [1.165, 1.54) is 0 Å². The first-order valence-corrected chi connectivity index (χ1v) is 7.45. The van der Waals surface area contributed by atoms with Gasteiger partial charge in [-0.15, -0.1) is 0 Å². The summed E-state index contributed by atoms with van der Waals surface area (Å²) < 4.78 is 5.57. The van der Waals surface area contributed by atoms with E-state index in [1.807, 2.05) is 43.3 Å². The highest BCUT2D eigenvalue weighted by Gasteiger charge is 2.17. The molecule has 0 spiro atoms. The van der Waals surface area contributed by atoms with E-state index in [0.29, 0.717) is 5.69 Å². The van der Waals surface area contributed by atoms with Gasteiger partial charge >= 0.3 is 5.97 Å². The van der Waals surface area contributed by atoms with Gasteiger partial charge in [-0.2, -0.15) is 0 Å². The molecular formula is C18H21NO2. The normalized spacial score (nSPS) is 11.9. The van der Waals surface area contributed by atoms with Gasteiger partial charge in [0, 0.05) is 6.20 Å². The number of pyridine rings is 1. The van der Waals surface area contributed by atoms with Gasteiger partial charge in [0.2, 0.25) is 0 Å². The van der Waals surface area contributed by atoms with Gasteiger partial charge in [-0.25, -0.2) is 9.78 Å². The van der Waals surface area contributed by atoms with Gasteiger partial charge in [-0.1, -0.05) is 56.7 Å². The summed E-state index contributed by atoms with van der Waals surface area (Å²) in [5.41, 5.74) is 2.52. The van der Waals surface area contributed by atoms with Crippen LogP contribution in [-0.4, -0.2) is 11.0 Å². The maximum atomic E-state index is 12.2.